The van der Waals surface area contributed by atoms with Gasteiger partial charge in [-0.3, -0.25) is 9.89 Å². The molecular weight excluding hydrogens is 356 g/mol. The molecule has 26 heavy (non-hydrogen) atoms. The first-order valence-corrected chi connectivity index (χ1v) is 8.38. The fourth-order valence-corrected chi connectivity index (χ4v) is 2.76. The second-order valence-corrected chi connectivity index (χ2v) is 6.01. The molecule has 0 aliphatic rings. The summed E-state index contributed by atoms with van der Waals surface area (Å²) in [5.74, 6) is -1.19. The van der Waals surface area contributed by atoms with Gasteiger partial charge in [-0.2, -0.15) is 10.2 Å². The predicted octanol–water partition coefficient (Wildman–Crippen LogP) is 2.37. The van der Waals surface area contributed by atoms with Crippen molar-refractivity contribution in [3.63, 3.8) is 0 Å². The maximum atomic E-state index is 12.1. The summed E-state index contributed by atoms with van der Waals surface area (Å²) < 4.78 is 5.17. The molecule has 3 aromatic rings. The lowest BCUT2D eigenvalue weighted by Crippen LogP contribution is -2.18. The van der Waals surface area contributed by atoms with E-state index in [0.29, 0.717) is 11.3 Å². The number of hydrogen-bond acceptors (Lipinski definition) is 6. The van der Waals surface area contributed by atoms with Crippen molar-refractivity contribution in [1.29, 1.82) is 0 Å². The Morgan fingerprint density at radius 1 is 1.31 bits per heavy atom. The van der Waals surface area contributed by atoms with Gasteiger partial charge < -0.3 is 9.84 Å². The van der Waals surface area contributed by atoms with E-state index in [1.165, 1.54) is 17.6 Å². The van der Waals surface area contributed by atoms with Gasteiger partial charge in [0.15, 0.2) is 12.3 Å². The topological polar surface area (TPSA) is 117 Å². The Kier molecular flexibility index (Phi) is 5.40. The van der Waals surface area contributed by atoms with Crippen LogP contribution >= 0.6 is 11.3 Å². The summed E-state index contributed by atoms with van der Waals surface area (Å²) in [5.41, 5.74) is 3.88. The summed E-state index contributed by atoms with van der Waals surface area (Å²) in [6.45, 7) is -0.462. The Balaban J connectivity index is 1.64. The van der Waals surface area contributed by atoms with Crippen molar-refractivity contribution in [2.24, 2.45) is 5.10 Å². The molecule has 9 heteroatoms. The van der Waals surface area contributed by atoms with Crippen LogP contribution < -0.4 is 10.2 Å². The number of carboxylic acid groups (broad SMARTS) is 1. The van der Waals surface area contributed by atoms with E-state index < -0.39 is 18.5 Å². The number of thiophene rings is 1. The van der Waals surface area contributed by atoms with E-state index in [-0.39, 0.29) is 5.69 Å². The smallest absolute Gasteiger partial charge is 0.341 e. The van der Waals surface area contributed by atoms with Crippen LogP contribution in [0.5, 0.6) is 5.75 Å². The minimum absolute atomic E-state index is 0.209. The maximum Gasteiger partial charge on any atom is 0.341 e. The number of H-pyrrole nitrogens is 1. The molecule has 132 valence electrons. The van der Waals surface area contributed by atoms with Gasteiger partial charge in [0.25, 0.3) is 5.91 Å². The minimum Gasteiger partial charge on any atom is -0.481 e. The normalized spacial score (nSPS) is 10.8. The lowest BCUT2D eigenvalue weighted by atomic mass is 10.2. The summed E-state index contributed by atoms with van der Waals surface area (Å²) in [6, 6.07) is 12.2. The number of carboxylic acids is 1. The van der Waals surface area contributed by atoms with Crippen molar-refractivity contribution >= 4 is 29.4 Å². The molecule has 0 bridgehead atoms. The summed E-state index contributed by atoms with van der Waals surface area (Å²) in [7, 11) is 0. The maximum absolute atomic E-state index is 12.1. The molecule has 3 N–H and O–H groups in total. The Morgan fingerprint density at radius 3 is 2.92 bits per heavy atom. The number of nitrogens with one attached hydrogen (secondary N) is 2. The van der Waals surface area contributed by atoms with Gasteiger partial charge in [0.05, 0.1) is 16.8 Å². The summed E-state index contributed by atoms with van der Waals surface area (Å²) >= 11 is 1.54. The van der Waals surface area contributed by atoms with Crippen molar-refractivity contribution in [3.8, 4) is 16.3 Å². The molecular formula is C17H14N4O4S. The lowest BCUT2D eigenvalue weighted by Gasteiger charge is -2.05. The first-order chi connectivity index (χ1) is 12.6. The number of aromatic nitrogens is 2. The van der Waals surface area contributed by atoms with Crippen LogP contribution in [0.25, 0.3) is 10.6 Å². The molecule has 0 unspecified atom stereocenters. The number of hydrogen-bond donors (Lipinski definition) is 3. The fourth-order valence-electron chi connectivity index (χ4n) is 2.07. The zero-order valence-electron chi connectivity index (χ0n) is 13.4. The van der Waals surface area contributed by atoms with Crippen LogP contribution in [0, 0.1) is 0 Å². The van der Waals surface area contributed by atoms with Crippen molar-refractivity contribution in [2.45, 2.75) is 0 Å². The Bertz CT molecular complexity index is 934. The number of amides is 1. The van der Waals surface area contributed by atoms with Gasteiger partial charge in [0.1, 0.15) is 5.75 Å². The van der Waals surface area contributed by atoms with Gasteiger partial charge in [0.2, 0.25) is 0 Å². The highest BCUT2D eigenvalue weighted by atomic mass is 32.1. The van der Waals surface area contributed by atoms with Gasteiger partial charge in [-0.25, -0.2) is 10.2 Å². The molecule has 0 saturated carbocycles. The van der Waals surface area contributed by atoms with E-state index in [1.807, 2.05) is 17.5 Å². The van der Waals surface area contributed by atoms with Crippen LogP contribution in [-0.4, -0.2) is 40.0 Å². The third kappa shape index (κ3) is 4.33. The Morgan fingerprint density at radius 2 is 2.15 bits per heavy atom. The molecule has 1 amide bonds. The monoisotopic (exact) mass is 370 g/mol. The van der Waals surface area contributed by atoms with Gasteiger partial charge in [-0.1, -0.05) is 18.2 Å². The average Bonchev–Trinajstić information content (AvgIpc) is 3.32. The molecule has 1 aromatic carbocycles. The van der Waals surface area contributed by atoms with Gasteiger partial charge in [-0.05, 0) is 29.6 Å². The van der Waals surface area contributed by atoms with E-state index in [0.717, 1.165) is 10.6 Å². The molecule has 0 spiro atoms. The standard InChI is InChI=1S/C17H14N4O4S/c22-16(23)10-25-14-5-2-1-4-11(14)9-18-21-17(24)13-8-12(19-20-13)15-6-3-7-26-15/h1-9H,10H2,(H,19,20)(H,21,24)(H,22,23). The number of benzene rings is 1. The number of nitrogens with zero attached hydrogens (tertiary/aromatic N) is 2. The molecule has 0 aliphatic carbocycles. The third-order valence-corrected chi connectivity index (χ3v) is 4.14. The molecule has 8 nitrogen and oxygen atoms in total. The molecule has 0 radical (unpaired) electrons. The number of rotatable bonds is 7. The quantitative estimate of drug-likeness (QED) is 0.436. The Hall–Kier alpha value is -3.46. The van der Waals surface area contributed by atoms with Crippen LogP contribution in [0.15, 0.2) is 52.9 Å². The van der Waals surface area contributed by atoms with E-state index in [1.54, 1.807) is 30.3 Å². The van der Waals surface area contributed by atoms with Crippen LogP contribution in [0.4, 0.5) is 0 Å². The average molecular weight is 370 g/mol. The van der Waals surface area contributed by atoms with Gasteiger partial charge in [0, 0.05) is 5.56 Å². The predicted molar refractivity (Wildman–Crippen MR) is 96.5 cm³/mol. The molecule has 3 rings (SSSR count). The van der Waals surface area contributed by atoms with Crippen LogP contribution in [-0.2, 0) is 4.79 Å². The SMILES string of the molecule is O=C(O)COc1ccccc1C=NNC(=O)c1cc(-c2cccs2)[nH]n1. The van der Waals surface area contributed by atoms with E-state index in [4.69, 9.17) is 9.84 Å². The second-order valence-electron chi connectivity index (χ2n) is 5.06. The van der Waals surface area contributed by atoms with Gasteiger partial charge >= 0.3 is 5.97 Å². The molecule has 0 aliphatic heterocycles. The second kappa shape index (κ2) is 8.08. The van der Waals surface area contributed by atoms with Gasteiger partial charge in [-0.15, -0.1) is 11.3 Å². The van der Waals surface area contributed by atoms with E-state index >= 15 is 0 Å². The van der Waals surface area contributed by atoms with Crippen molar-refractivity contribution in [3.05, 3.63) is 59.1 Å². The molecule has 0 saturated heterocycles. The number of hydrazone groups is 1. The van der Waals surface area contributed by atoms with E-state index in [2.05, 4.69) is 20.7 Å². The first kappa shape index (κ1) is 17.4. The fraction of sp³-hybridized carbons (Fsp3) is 0.0588. The van der Waals surface area contributed by atoms with Crippen molar-refractivity contribution in [2.75, 3.05) is 6.61 Å². The number of aliphatic carboxylic acids is 1. The largest absolute Gasteiger partial charge is 0.481 e. The number of para-hydroxylation sites is 1. The van der Waals surface area contributed by atoms with Crippen LogP contribution in [0.1, 0.15) is 16.1 Å². The third-order valence-electron chi connectivity index (χ3n) is 3.24. The zero-order valence-corrected chi connectivity index (χ0v) is 14.2. The summed E-state index contributed by atoms with van der Waals surface area (Å²) in [5, 5.41) is 21.3. The summed E-state index contributed by atoms with van der Waals surface area (Å²) in [6.07, 6.45) is 1.38. The van der Waals surface area contributed by atoms with Crippen molar-refractivity contribution < 1.29 is 19.4 Å². The first-order valence-electron chi connectivity index (χ1n) is 7.50. The zero-order chi connectivity index (χ0) is 18.4. The Labute approximate surface area is 152 Å². The number of carbonyl (C=O) groups is 2. The lowest BCUT2D eigenvalue weighted by molar-refractivity contribution is -0.139. The molecule has 0 fully saturated rings. The van der Waals surface area contributed by atoms with Crippen LogP contribution in [0.3, 0.4) is 0 Å². The number of ether oxygens (including phenoxy) is 1. The van der Waals surface area contributed by atoms with E-state index in [9.17, 15) is 9.59 Å². The van der Waals surface area contributed by atoms with Crippen LogP contribution in [0.2, 0.25) is 0 Å². The summed E-state index contributed by atoms with van der Waals surface area (Å²) in [4.78, 5) is 23.7. The van der Waals surface area contributed by atoms with Crippen molar-refractivity contribution in [1.82, 2.24) is 15.6 Å². The molecule has 2 aromatic heterocycles. The highest BCUT2D eigenvalue weighted by Crippen LogP contribution is 2.22. The highest BCUT2D eigenvalue weighted by Gasteiger charge is 2.11. The molecule has 2 heterocycles. The minimum atomic E-state index is -1.08. The number of carbonyl (C=O) groups excluding carboxylic acids is 1. The molecule has 0 atom stereocenters. The highest BCUT2D eigenvalue weighted by molar-refractivity contribution is 7.13. The number of aromatic amines is 1.